The average molecular weight is 673 g/mol. The van der Waals surface area contributed by atoms with Crippen LogP contribution in [0.5, 0.6) is 5.75 Å². The van der Waals surface area contributed by atoms with E-state index in [1.54, 1.807) is 36.5 Å². The summed E-state index contributed by atoms with van der Waals surface area (Å²) >= 11 is 1.15. The maximum Gasteiger partial charge on any atom is 0.263 e. The smallest absolute Gasteiger partial charge is 0.263 e. The molecule has 6 rings (SSSR count). The van der Waals surface area contributed by atoms with E-state index < -0.39 is 15.6 Å². The standard InChI is InChI=1S/C35H40N6O4S2/c1-7-26-21-40(47(43,44)31-12-10-9-11-29(31)45-26)20-25-19-24(14-13-22(25)3)32(35(5,6)37-34(42)30-17-18-36-46-30)27-15-16-28-33(23(27)4)38-39-41(28)8-2/h9-19,26,32H,7-8,20-21H2,1-6H3,(H,37,42)/t26-,32+/m1/s1. The van der Waals surface area contributed by atoms with Crippen molar-refractivity contribution in [2.75, 3.05) is 6.54 Å². The van der Waals surface area contributed by atoms with Gasteiger partial charge in [-0.05, 0) is 105 Å². The van der Waals surface area contributed by atoms with Gasteiger partial charge in [-0.25, -0.2) is 17.5 Å². The molecule has 0 fully saturated rings. The van der Waals surface area contributed by atoms with E-state index in [9.17, 15) is 13.2 Å². The van der Waals surface area contributed by atoms with Crippen LogP contribution in [0.15, 0.2) is 71.8 Å². The van der Waals surface area contributed by atoms with Gasteiger partial charge in [0.2, 0.25) is 10.0 Å². The molecule has 5 aromatic rings. The van der Waals surface area contributed by atoms with Crippen molar-refractivity contribution in [2.24, 2.45) is 0 Å². The Labute approximate surface area is 280 Å². The number of para-hydroxylation sites is 1. The van der Waals surface area contributed by atoms with E-state index in [0.717, 1.165) is 50.4 Å². The van der Waals surface area contributed by atoms with Crippen molar-refractivity contribution >= 4 is 38.5 Å². The third kappa shape index (κ3) is 6.17. The van der Waals surface area contributed by atoms with Crippen molar-refractivity contribution in [1.82, 2.24) is 29.0 Å². The predicted octanol–water partition coefficient (Wildman–Crippen LogP) is 6.23. The first-order valence-corrected chi connectivity index (χ1v) is 18.1. The lowest BCUT2D eigenvalue weighted by Crippen LogP contribution is -2.48. The minimum Gasteiger partial charge on any atom is -0.488 e. The Balaban J connectivity index is 1.45. The third-order valence-electron chi connectivity index (χ3n) is 9.09. The first-order chi connectivity index (χ1) is 22.4. The van der Waals surface area contributed by atoms with Crippen LogP contribution in [0.3, 0.4) is 0 Å². The number of hydrogen-bond donors (Lipinski definition) is 1. The Morgan fingerprint density at radius 1 is 1.11 bits per heavy atom. The van der Waals surface area contributed by atoms with Crippen molar-refractivity contribution in [3.05, 3.63) is 99.6 Å². The van der Waals surface area contributed by atoms with Crippen LogP contribution in [-0.4, -0.2) is 56.2 Å². The van der Waals surface area contributed by atoms with E-state index in [0.29, 0.717) is 23.6 Å². The molecule has 0 spiro atoms. The van der Waals surface area contributed by atoms with Gasteiger partial charge >= 0.3 is 0 Å². The molecule has 12 heteroatoms. The highest BCUT2D eigenvalue weighted by molar-refractivity contribution is 7.89. The molecule has 1 aliphatic heterocycles. The summed E-state index contributed by atoms with van der Waals surface area (Å²) in [6.45, 7) is 13.2. The van der Waals surface area contributed by atoms with Crippen molar-refractivity contribution in [2.45, 2.75) is 83.5 Å². The largest absolute Gasteiger partial charge is 0.488 e. The summed E-state index contributed by atoms with van der Waals surface area (Å²) in [5, 5.41) is 12.1. The quantitative estimate of drug-likeness (QED) is 0.197. The number of amides is 1. The molecule has 3 aromatic carbocycles. The number of hydrogen-bond acceptors (Lipinski definition) is 8. The molecule has 0 saturated heterocycles. The third-order valence-corrected chi connectivity index (χ3v) is 11.7. The van der Waals surface area contributed by atoms with E-state index >= 15 is 0 Å². The molecule has 1 N–H and O–H groups in total. The summed E-state index contributed by atoms with van der Waals surface area (Å²) in [7, 11) is -3.83. The summed E-state index contributed by atoms with van der Waals surface area (Å²) < 4.78 is 41.7. The second-order valence-corrected chi connectivity index (χ2v) is 15.4. The molecular formula is C35H40N6O4S2. The first kappa shape index (κ1) is 32.8. The maximum atomic E-state index is 14.0. The molecule has 246 valence electrons. The van der Waals surface area contributed by atoms with Gasteiger partial charge in [0.15, 0.2) is 0 Å². The molecule has 47 heavy (non-hydrogen) atoms. The minimum absolute atomic E-state index is 0.179. The number of ether oxygens (including phenoxy) is 1. The molecule has 10 nitrogen and oxygen atoms in total. The van der Waals surface area contributed by atoms with Crippen molar-refractivity contribution in [3.8, 4) is 5.75 Å². The molecule has 0 aliphatic carbocycles. The SMILES string of the molecule is CC[C@@H]1CN(Cc2cc([C@@H](c3ccc4c(nnn4CC)c3C)C(C)(C)NC(=O)c3ccns3)ccc2C)S(=O)(=O)c2ccccc2O1. The zero-order valence-electron chi connectivity index (χ0n) is 27.5. The molecule has 0 radical (unpaired) electrons. The van der Waals surface area contributed by atoms with E-state index in [-0.39, 0.29) is 35.9 Å². The summed E-state index contributed by atoms with van der Waals surface area (Å²) in [5.74, 6) is -0.134. The van der Waals surface area contributed by atoms with Gasteiger partial charge < -0.3 is 10.1 Å². The first-order valence-electron chi connectivity index (χ1n) is 15.9. The fraction of sp³-hybridized carbons (Fsp3) is 0.371. The van der Waals surface area contributed by atoms with Gasteiger partial charge in [-0.3, -0.25) is 4.79 Å². The van der Waals surface area contributed by atoms with Gasteiger partial charge in [-0.2, -0.15) is 4.31 Å². The van der Waals surface area contributed by atoms with Gasteiger partial charge in [0.1, 0.15) is 27.1 Å². The van der Waals surface area contributed by atoms with Crippen molar-refractivity contribution in [1.29, 1.82) is 0 Å². The molecule has 1 amide bonds. The van der Waals surface area contributed by atoms with Crippen LogP contribution in [0.2, 0.25) is 0 Å². The predicted molar refractivity (Wildman–Crippen MR) is 183 cm³/mol. The second kappa shape index (κ2) is 12.8. The number of rotatable bonds is 9. The lowest BCUT2D eigenvalue weighted by molar-refractivity contribution is 0.0910. The monoisotopic (exact) mass is 672 g/mol. The highest BCUT2D eigenvalue weighted by Gasteiger charge is 2.38. The number of fused-ring (bicyclic) bond motifs is 2. The Kier molecular flexibility index (Phi) is 8.94. The molecule has 0 bridgehead atoms. The van der Waals surface area contributed by atoms with Crippen LogP contribution in [-0.2, 0) is 23.1 Å². The summed E-state index contributed by atoms with van der Waals surface area (Å²) in [6.07, 6.45) is 2.01. The zero-order valence-corrected chi connectivity index (χ0v) is 29.2. The fourth-order valence-corrected chi connectivity index (χ4v) is 8.57. The van der Waals surface area contributed by atoms with Crippen LogP contribution in [0.4, 0.5) is 0 Å². The van der Waals surface area contributed by atoms with E-state index in [1.807, 2.05) is 58.4 Å². The van der Waals surface area contributed by atoms with Crippen LogP contribution in [0.1, 0.15) is 77.5 Å². The van der Waals surface area contributed by atoms with Crippen LogP contribution in [0.25, 0.3) is 11.0 Å². The van der Waals surface area contributed by atoms with E-state index in [1.165, 1.54) is 4.31 Å². The van der Waals surface area contributed by atoms with Gasteiger partial charge in [-0.1, -0.05) is 48.5 Å². The molecule has 0 unspecified atom stereocenters. The molecule has 2 aromatic heterocycles. The van der Waals surface area contributed by atoms with Gasteiger partial charge in [-0.15, -0.1) is 5.10 Å². The Morgan fingerprint density at radius 2 is 1.89 bits per heavy atom. The lowest BCUT2D eigenvalue weighted by atomic mass is 9.74. The number of aromatic nitrogens is 4. The normalized spacial score (nSPS) is 17.1. The molecule has 1 aliphatic rings. The van der Waals surface area contributed by atoms with Crippen LogP contribution >= 0.6 is 11.5 Å². The Bertz CT molecular complexity index is 2040. The number of nitrogens with one attached hydrogen (secondary N) is 1. The number of benzene rings is 3. The zero-order chi connectivity index (χ0) is 33.5. The fourth-order valence-electron chi connectivity index (χ4n) is 6.51. The second-order valence-electron chi connectivity index (χ2n) is 12.6. The number of carbonyl (C=O) groups excluding carboxylic acids is 1. The summed E-state index contributed by atoms with van der Waals surface area (Å²) in [6, 6.07) is 18.9. The van der Waals surface area contributed by atoms with E-state index in [2.05, 4.69) is 38.2 Å². The van der Waals surface area contributed by atoms with Gasteiger partial charge in [0, 0.05) is 30.7 Å². The average Bonchev–Trinajstić information content (AvgIpc) is 3.72. The highest BCUT2D eigenvalue weighted by atomic mass is 32.2. The Hall–Kier alpha value is -4.13. The van der Waals surface area contributed by atoms with E-state index in [4.69, 9.17) is 4.74 Å². The number of aryl methyl sites for hydroxylation is 3. The maximum absolute atomic E-state index is 14.0. The summed E-state index contributed by atoms with van der Waals surface area (Å²) in [4.78, 5) is 14.1. The topological polar surface area (TPSA) is 119 Å². The molecule has 2 atom stereocenters. The minimum atomic E-state index is -3.83. The highest BCUT2D eigenvalue weighted by Crippen LogP contribution is 2.40. The van der Waals surface area contributed by atoms with Gasteiger partial charge in [0.25, 0.3) is 5.91 Å². The Morgan fingerprint density at radius 3 is 2.62 bits per heavy atom. The van der Waals surface area contributed by atoms with Crippen LogP contribution < -0.4 is 10.1 Å². The van der Waals surface area contributed by atoms with Crippen LogP contribution in [0, 0.1) is 13.8 Å². The van der Waals surface area contributed by atoms with Crippen molar-refractivity contribution < 1.29 is 17.9 Å². The van der Waals surface area contributed by atoms with Crippen molar-refractivity contribution in [3.63, 3.8) is 0 Å². The summed E-state index contributed by atoms with van der Waals surface area (Å²) in [5.41, 5.74) is 5.76. The molecule has 0 saturated carbocycles. The molecular weight excluding hydrogens is 633 g/mol. The number of sulfonamides is 1. The number of carbonyl (C=O) groups is 1. The molecule has 3 heterocycles. The lowest BCUT2D eigenvalue weighted by Gasteiger charge is -2.37. The number of nitrogens with zero attached hydrogens (tertiary/aromatic N) is 5. The van der Waals surface area contributed by atoms with Gasteiger partial charge in [0.05, 0.1) is 12.1 Å².